The van der Waals surface area contributed by atoms with Gasteiger partial charge in [-0.25, -0.2) is 0 Å². The molecule has 100 valence electrons. The van der Waals surface area contributed by atoms with Gasteiger partial charge in [-0.3, -0.25) is 0 Å². The monoisotopic (exact) mass is 284 g/mol. The van der Waals surface area contributed by atoms with Crippen molar-refractivity contribution in [2.24, 2.45) is 0 Å². The molecule has 2 aromatic rings. The van der Waals surface area contributed by atoms with Gasteiger partial charge in [0.1, 0.15) is 5.75 Å². The minimum absolute atomic E-state index is 0.0388. The SMILES string of the molecule is Nc1ccc(Cl)cc1Nc1ccccc1OC(F)F. The predicted octanol–water partition coefficient (Wildman–Crippen LogP) is 4.27. The van der Waals surface area contributed by atoms with Crippen LogP contribution in [0, 0.1) is 0 Å². The number of nitrogens with two attached hydrogens (primary N) is 1. The molecule has 0 unspecified atom stereocenters. The molecule has 3 N–H and O–H groups in total. The van der Waals surface area contributed by atoms with Gasteiger partial charge in [0.15, 0.2) is 0 Å². The molecule has 0 aliphatic heterocycles. The highest BCUT2D eigenvalue weighted by molar-refractivity contribution is 6.31. The highest BCUT2D eigenvalue weighted by Gasteiger charge is 2.10. The van der Waals surface area contributed by atoms with Crippen molar-refractivity contribution in [3.05, 3.63) is 47.5 Å². The van der Waals surface area contributed by atoms with Gasteiger partial charge in [0, 0.05) is 5.02 Å². The maximum atomic E-state index is 12.3. The number of nitrogens with one attached hydrogen (secondary N) is 1. The van der Waals surface area contributed by atoms with Gasteiger partial charge in [-0.2, -0.15) is 8.78 Å². The largest absolute Gasteiger partial charge is 0.433 e. The van der Waals surface area contributed by atoms with E-state index in [1.54, 1.807) is 36.4 Å². The number of ether oxygens (including phenoxy) is 1. The summed E-state index contributed by atoms with van der Waals surface area (Å²) in [6, 6.07) is 11.2. The lowest BCUT2D eigenvalue weighted by molar-refractivity contribution is -0.0493. The van der Waals surface area contributed by atoms with E-state index in [1.807, 2.05) is 0 Å². The number of hydrogen-bond acceptors (Lipinski definition) is 3. The molecule has 0 aromatic heterocycles. The van der Waals surface area contributed by atoms with Crippen LogP contribution in [0.4, 0.5) is 25.8 Å². The third-order valence-corrected chi connectivity index (χ3v) is 2.62. The first-order valence-electron chi connectivity index (χ1n) is 5.42. The molecule has 0 spiro atoms. The zero-order chi connectivity index (χ0) is 13.8. The molecule has 0 amide bonds. The molecule has 0 saturated carbocycles. The molecule has 0 fully saturated rings. The zero-order valence-electron chi connectivity index (χ0n) is 9.74. The molecule has 2 rings (SSSR count). The molecule has 0 atom stereocenters. The highest BCUT2D eigenvalue weighted by Crippen LogP contribution is 2.32. The number of rotatable bonds is 4. The van der Waals surface area contributed by atoms with E-state index >= 15 is 0 Å². The van der Waals surface area contributed by atoms with Crippen LogP contribution in [0.15, 0.2) is 42.5 Å². The van der Waals surface area contributed by atoms with Gasteiger partial charge in [-0.1, -0.05) is 23.7 Å². The lowest BCUT2D eigenvalue weighted by Crippen LogP contribution is -2.05. The lowest BCUT2D eigenvalue weighted by Gasteiger charge is -2.14. The van der Waals surface area contributed by atoms with E-state index in [9.17, 15) is 8.78 Å². The number of benzene rings is 2. The highest BCUT2D eigenvalue weighted by atomic mass is 35.5. The van der Waals surface area contributed by atoms with Gasteiger partial charge in [0.25, 0.3) is 0 Å². The Morgan fingerprint density at radius 3 is 2.58 bits per heavy atom. The molecule has 0 bridgehead atoms. The van der Waals surface area contributed by atoms with Crippen LogP contribution >= 0.6 is 11.6 Å². The normalized spacial score (nSPS) is 10.5. The molecule has 0 radical (unpaired) electrons. The van der Waals surface area contributed by atoms with Gasteiger partial charge in [0.05, 0.1) is 17.1 Å². The van der Waals surface area contributed by atoms with Crippen LogP contribution in [0.5, 0.6) is 5.75 Å². The molecule has 0 heterocycles. The fourth-order valence-electron chi connectivity index (χ4n) is 1.55. The first-order chi connectivity index (χ1) is 9.06. The summed E-state index contributed by atoms with van der Waals surface area (Å²) in [5, 5.41) is 3.41. The Labute approximate surface area is 113 Å². The van der Waals surface area contributed by atoms with Gasteiger partial charge in [-0.15, -0.1) is 0 Å². The average molecular weight is 285 g/mol. The smallest absolute Gasteiger partial charge is 0.387 e. The summed E-state index contributed by atoms with van der Waals surface area (Å²) in [4.78, 5) is 0. The van der Waals surface area contributed by atoms with Gasteiger partial charge in [0.2, 0.25) is 0 Å². The van der Waals surface area contributed by atoms with E-state index < -0.39 is 6.61 Å². The van der Waals surface area contributed by atoms with E-state index in [-0.39, 0.29) is 5.75 Å². The molecular weight excluding hydrogens is 274 g/mol. The Morgan fingerprint density at radius 1 is 1.11 bits per heavy atom. The summed E-state index contributed by atoms with van der Waals surface area (Å²) >= 11 is 5.86. The van der Waals surface area contributed by atoms with Crippen molar-refractivity contribution in [3.63, 3.8) is 0 Å². The maximum absolute atomic E-state index is 12.3. The van der Waals surface area contributed by atoms with Crippen molar-refractivity contribution >= 4 is 28.7 Å². The standard InChI is InChI=1S/C13H11ClF2N2O/c14-8-5-6-9(17)11(7-8)18-10-3-1-2-4-12(10)19-13(15)16/h1-7,13,18H,17H2. The van der Waals surface area contributed by atoms with Crippen LogP contribution in [0.2, 0.25) is 5.02 Å². The third-order valence-electron chi connectivity index (χ3n) is 2.39. The van der Waals surface area contributed by atoms with Crippen LogP contribution in [0.25, 0.3) is 0 Å². The van der Waals surface area contributed by atoms with Crippen LogP contribution in [0.3, 0.4) is 0 Å². The maximum Gasteiger partial charge on any atom is 0.387 e. The number of para-hydroxylation sites is 2. The Kier molecular flexibility index (Phi) is 4.06. The average Bonchev–Trinajstić information content (AvgIpc) is 2.35. The second-order valence-electron chi connectivity index (χ2n) is 3.73. The van der Waals surface area contributed by atoms with Crippen LogP contribution in [0.1, 0.15) is 0 Å². The lowest BCUT2D eigenvalue weighted by atomic mass is 10.2. The third kappa shape index (κ3) is 3.48. The molecule has 3 nitrogen and oxygen atoms in total. The van der Waals surface area contributed by atoms with E-state index in [0.717, 1.165) is 0 Å². The summed E-state index contributed by atoms with van der Waals surface area (Å²) in [6.45, 7) is -2.89. The first-order valence-corrected chi connectivity index (χ1v) is 5.80. The number of hydrogen-bond donors (Lipinski definition) is 2. The Hall–Kier alpha value is -2.01. The van der Waals surface area contributed by atoms with Crippen molar-refractivity contribution in [2.75, 3.05) is 11.1 Å². The number of halogens is 3. The molecule has 0 aliphatic rings. The Bertz CT molecular complexity index is 578. The van der Waals surface area contributed by atoms with Crippen molar-refractivity contribution in [1.82, 2.24) is 0 Å². The molecule has 6 heteroatoms. The fourth-order valence-corrected chi connectivity index (χ4v) is 1.72. The van der Waals surface area contributed by atoms with Crippen molar-refractivity contribution in [2.45, 2.75) is 6.61 Å². The summed E-state index contributed by atoms with van der Waals surface area (Å²) < 4.78 is 29.0. The van der Waals surface area contributed by atoms with E-state index in [0.29, 0.717) is 22.1 Å². The van der Waals surface area contributed by atoms with E-state index in [4.69, 9.17) is 17.3 Å². The Morgan fingerprint density at radius 2 is 1.84 bits per heavy atom. The molecule has 0 aliphatic carbocycles. The van der Waals surface area contributed by atoms with Crippen molar-refractivity contribution in [3.8, 4) is 5.75 Å². The summed E-state index contributed by atoms with van der Waals surface area (Å²) in [5.41, 5.74) is 7.15. The number of alkyl halides is 2. The van der Waals surface area contributed by atoms with Crippen LogP contribution in [-0.4, -0.2) is 6.61 Å². The quantitative estimate of drug-likeness (QED) is 0.824. The molecule has 19 heavy (non-hydrogen) atoms. The van der Waals surface area contributed by atoms with E-state index in [2.05, 4.69) is 10.1 Å². The summed E-state index contributed by atoms with van der Waals surface area (Å²) in [7, 11) is 0. The fraction of sp³-hybridized carbons (Fsp3) is 0.0769. The van der Waals surface area contributed by atoms with Crippen LogP contribution < -0.4 is 15.8 Å². The summed E-state index contributed by atoms with van der Waals surface area (Å²) in [5.74, 6) is 0.0388. The minimum atomic E-state index is -2.89. The number of nitrogen functional groups attached to an aromatic ring is 1. The second kappa shape index (κ2) is 5.75. The topological polar surface area (TPSA) is 47.3 Å². The second-order valence-corrected chi connectivity index (χ2v) is 4.17. The van der Waals surface area contributed by atoms with Gasteiger partial charge < -0.3 is 15.8 Å². The predicted molar refractivity (Wildman–Crippen MR) is 72.2 cm³/mol. The molecule has 0 saturated heterocycles. The Balaban J connectivity index is 2.30. The van der Waals surface area contributed by atoms with Gasteiger partial charge in [-0.05, 0) is 30.3 Å². The molecular formula is C13H11ClF2N2O. The zero-order valence-corrected chi connectivity index (χ0v) is 10.5. The van der Waals surface area contributed by atoms with Crippen LogP contribution in [-0.2, 0) is 0 Å². The van der Waals surface area contributed by atoms with Gasteiger partial charge >= 0.3 is 6.61 Å². The number of anilines is 3. The van der Waals surface area contributed by atoms with Crippen molar-refractivity contribution in [1.29, 1.82) is 0 Å². The molecule has 2 aromatic carbocycles. The van der Waals surface area contributed by atoms with Crippen molar-refractivity contribution < 1.29 is 13.5 Å². The summed E-state index contributed by atoms with van der Waals surface area (Å²) in [6.07, 6.45) is 0. The van der Waals surface area contributed by atoms with E-state index in [1.165, 1.54) is 6.07 Å². The first kappa shape index (κ1) is 13.4. The minimum Gasteiger partial charge on any atom is -0.433 e.